The van der Waals surface area contributed by atoms with Gasteiger partial charge < -0.3 is 24.3 Å². The highest BCUT2D eigenvalue weighted by molar-refractivity contribution is 7.80. The van der Waals surface area contributed by atoms with Gasteiger partial charge in [0.25, 0.3) is 0 Å². The minimum atomic E-state index is -0.170. The van der Waals surface area contributed by atoms with Crippen LogP contribution >= 0.6 is 12.2 Å². The molecule has 0 saturated carbocycles. The third-order valence-corrected chi connectivity index (χ3v) is 7.21. The van der Waals surface area contributed by atoms with Crippen molar-refractivity contribution in [1.82, 2.24) is 14.9 Å². The largest absolute Gasteiger partial charge is 0.495 e. The highest BCUT2D eigenvalue weighted by Crippen LogP contribution is 2.43. The summed E-state index contributed by atoms with van der Waals surface area (Å²) in [6.07, 6.45) is 3.87. The first-order valence-electron chi connectivity index (χ1n) is 12.8. The molecular weight excluding hydrogens is 504 g/mol. The van der Waals surface area contributed by atoms with Crippen molar-refractivity contribution in [3.63, 3.8) is 0 Å². The highest BCUT2D eigenvalue weighted by atomic mass is 32.1. The second kappa shape index (κ2) is 10.6. The number of anilines is 1. The van der Waals surface area contributed by atoms with Crippen LogP contribution in [-0.2, 0) is 0 Å². The first-order valence-corrected chi connectivity index (χ1v) is 13.2. The van der Waals surface area contributed by atoms with Gasteiger partial charge >= 0.3 is 0 Å². The molecular formula is C32H28N4O2S. The molecule has 0 amide bonds. The van der Waals surface area contributed by atoms with Crippen molar-refractivity contribution in [2.75, 3.05) is 12.0 Å². The Balaban J connectivity index is 1.40. The summed E-state index contributed by atoms with van der Waals surface area (Å²) in [5.41, 5.74) is 5.08. The van der Waals surface area contributed by atoms with E-state index in [2.05, 4.69) is 51.1 Å². The number of hydrogen-bond donors (Lipinski definition) is 1. The molecule has 1 aliphatic rings. The zero-order chi connectivity index (χ0) is 26.8. The zero-order valence-corrected chi connectivity index (χ0v) is 22.5. The van der Waals surface area contributed by atoms with Gasteiger partial charge in [-0.3, -0.25) is 4.98 Å². The molecule has 6 nitrogen and oxygen atoms in total. The van der Waals surface area contributed by atoms with Crippen molar-refractivity contribution in [3.8, 4) is 22.9 Å². The van der Waals surface area contributed by atoms with E-state index in [-0.39, 0.29) is 12.1 Å². The van der Waals surface area contributed by atoms with Crippen molar-refractivity contribution in [2.45, 2.75) is 19.0 Å². The number of benzene rings is 3. The maximum atomic E-state index is 6.07. The van der Waals surface area contributed by atoms with Crippen LogP contribution in [0, 0.1) is 6.92 Å². The minimum absolute atomic E-state index is 0.162. The number of nitrogens with zero attached hydrogens (tertiary/aromatic N) is 3. The summed E-state index contributed by atoms with van der Waals surface area (Å²) in [5, 5.41) is 4.18. The normalized spacial score (nSPS) is 16.7. The Bertz CT molecular complexity index is 1580. The quantitative estimate of drug-likeness (QED) is 0.225. The molecule has 3 aromatic carbocycles. The third-order valence-electron chi connectivity index (χ3n) is 6.90. The number of ether oxygens (including phenoxy) is 2. The number of pyridine rings is 1. The number of hydrogen-bond acceptors (Lipinski definition) is 4. The average Bonchev–Trinajstić information content (AvgIpc) is 3.59. The van der Waals surface area contributed by atoms with Gasteiger partial charge in [0.2, 0.25) is 0 Å². The molecule has 39 heavy (non-hydrogen) atoms. The van der Waals surface area contributed by atoms with Crippen LogP contribution in [0.25, 0.3) is 5.69 Å². The molecule has 6 rings (SSSR count). The van der Waals surface area contributed by atoms with E-state index in [0.29, 0.717) is 5.11 Å². The fraction of sp³-hybridized carbons (Fsp3) is 0.125. The molecule has 194 valence electrons. The van der Waals surface area contributed by atoms with Gasteiger partial charge in [-0.1, -0.05) is 35.9 Å². The summed E-state index contributed by atoms with van der Waals surface area (Å²) in [6, 6.07) is 33.9. The molecule has 7 heteroatoms. The third kappa shape index (κ3) is 4.84. The molecule has 0 aliphatic carbocycles. The fourth-order valence-electron chi connectivity index (χ4n) is 5.03. The monoisotopic (exact) mass is 532 g/mol. The SMILES string of the molecule is COc1ccccc1-n1cccc1[C@@H]1[C@H](c2ccccn2)NC(=S)N1c1ccc(Oc2ccc(C)cc2)cc1. The maximum absolute atomic E-state index is 6.07. The van der Waals surface area contributed by atoms with Gasteiger partial charge in [-0.15, -0.1) is 0 Å². The van der Waals surface area contributed by atoms with Crippen LogP contribution in [0.2, 0.25) is 0 Å². The Kier molecular flexibility index (Phi) is 6.73. The smallest absolute Gasteiger partial charge is 0.174 e. The Labute approximate surface area is 233 Å². The zero-order valence-electron chi connectivity index (χ0n) is 21.7. The summed E-state index contributed by atoms with van der Waals surface area (Å²) in [7, 11) is 1.69. The fourth-order valence-corrected chi connectivity index (χ4v) is 5.38. The number of thiocarbonyl (C=S) groups is 1. The van der Waals surface area contributed by atoms with Crippen LogP contribution in [0.4, 0.5) is 5.69 Å². The lowest BCUT2D eigenvalue weighted by Gasteiger charge is -2.29. The van der Waals surface area contributed by atoms with E-state index in [1.54, 1.807) is 7.11 Å². The van der Waals surface area contributed by atoms with E-state index in [1.165, 1.54) is 5.56 Å². The van der Waals surface area contributed by atoms with Gasteiger partial charge in [0.05, 0.1) is 24.5 Å². The van der Waals surface area contributed by atoms with Crippen LogP contribution in [-0.4, -0.2) is 21.8 Å². The molecule has 1 saturated heterocycles. The second-order valence-corrected chi connectivity index (χ2v) is 9.77. The predicted molar refractivity (Wildman–Crippen MR) is 158 cm³/mol. The van der Waals surface area contributed by atoms with Crippen LogP contribution < -0.4 is 19.7 Å². The van der Waals surface area contributed by atoms with Crippen molar-refractivity contribution in [2.24, 2.45) is 0 Å². The van der Waals surface area contributed by atoms with Crippen LogP contribution in [0.5, 0.6) is 17.2 Å². The average molecular weight is 533 g/mol. The Morgan fingerprint density at radius 3 is 2.26 bits per heavy atom. The summed E-state index contributed by atoms with van der Waals surface area (Å²) in [4.78, 5) is 6.84. The summed E-state index contributed by atoms with van der Waals surface area (Å²) in [5.74, 6) is 2.35. The molecule has 2 aromatic heterocycles. The van der Waals surface area contributed by atoms with Gasteiger partial charge in [-0.25, -0.2) is 0 Å². The Hall–Kier alpha value is -4.62. The lowest BCUT2D eigenvalue weighted by molar-refractivity contribution is 0.412. The van der Waals surface area contributed by atoms with E-state index in [4.69, 9.17) is 21.7 Å². The Morgan fingerprint density at radius 1 is 0.821 bits per heavy atom. The summed E-state index contributed by atoms with van der Waals surface area (Å²) in [6.45, 7) is 2.06. The maximum Gasteiger partial charge on any atom is 0.174 e. The molecule has 1 fully saturated rings. The van der Waals surface area contributed by atoms with E-state index < -0.39 is 0 Å². The molecule has 0 unspecified atom stereocenters. The second-order valence-electron chi connectivity index (χ2n) is 9.38. The topological polar surface area (TPSA) is 51.5 Å². The van der Waals surface area contributed by atoms with Gasteiger partial charge in [0, 0.05) is 23.8 Å². The Morgan fingerprint density at radius 2 is 1.54 bits per heavy atom. The molecule has 5 aromatic rings. The first-order chi connectivity index (χ1) is 19.1. The molecule has 0 spiro atoms. The lowest BCUT2D eigenvalue weighted by atomic mass is 10.0. The van der Waals surface area contributed by atoms with Gasteiger partial charge in [-0.05, 0) is 91.9 Å². The van der Waals surface area contributed by atoms with Crippen molar-refractivity contribution < 1.29 is 9.47 Å². The van der Waals surface area contributed by atoms with Crippen LogP contribution in [0.15, 0.2) is 116 Å². The standard InChI is InChI=1S/C32H28N4O2S/c1-22-12-16-24(17-13-22)38-25-18-14-23(15-19-25)36-31(30(34-32(36)39)26-8-5-6-20-33-26)28-10-7-21-35(28)27-9-3-4-11-29(27)37-2/h3-21,30-31H,1-2H3,(H,34,39)/t30-,31+/m0/s1. The number of rotatable bonds is 7. The van der Waals surface area contributed by atoms with E-state index in [9.17, 15) is 0 Å². The van der Waals surface area contributed by atoms with Gasteiger partial charge in [0.15, 0.2) is 5.11 Å². The van der Waals surface area contributed by atoms with E-state index in [0.717, 1.165) is 40.0 Å². The van der Waals surface area contributed by atoms with Gasteiger partial charge in [0.1, 0.15) is 23.3 Å². The number of aromatic nitrogens is 2. The molecule has 1 aliphatic heterocycles. The van der Waals surface area contributed by atoms with E-state index in [1.807, 2.05) is 91.1 Å². The lowest BCUT2D eigenvalue weighted by Crippen LogP contribution is -2.30. The highest BCUT2D eigenvalue weighted by Gasteiger charge is 2.42. The minimum Gasteiger partial charge on any atom is -0.495 e. The van der Waals surface area contributed by atoms with Crippen LogP contribution in [0.3, 0.4) is 0 Å². The summed E-state index contributed by atoms with van der Waals surface area (Å²) >= 11 is 5.93. The number of methoxy groups -OCH3 is 1. The van der Waals surface area contributed by atoms with Crippen molar-refractivity contribution >= 4 is 23.0 Å². The number of aryl methyl sites for hydroxylation is 1. The van der Waals surface area contributed by atoms with Crippen molar-refractivity contribution in [1.29, 1.82) is 0 Å². The molecule has 1 N–H and O–H groups in total. The molecule has 0 radical (unpaired) electrons. The number of nitrogens with one attached hydrogen (secondary N) is 1. The molecule has 3 heterocycles. The van der Waals surface area contributed by atoms with Gasteiger partial charge in [-0.2, -0.15) is 0 Å². The molecule has 2 atom stereocenters. The first kappa shape index (κ1) is 24.7. The van der Waals surface area contributed by atoms with Crippen LogP contribution in [0.1, 0.15) is 29.0 Å². The predicted octanol–water partition coefficient (Wildman–Crippen LogP) is 7.16. The van der Waals surface area contributed by atoms with E-state index >= 15 is 0 Å². The van der Waals surface area contributed by atoms with Crippen molar-refractivity contribution in [3.05, 3.63) is 132 Å². The number of para-hydroxylation sites is 2. The summed E-state index contributed by atoms with van der Waals surface area (Å²) < 4.78 is 13.9. The molecule has 0 bridgehead atoms.